The number of nitrogens with zero attached hydrogens (tertiary/aromatic N) is 2. The molecule has 3 fully saturated rings. The van der Waals surface area contributed by atoms with Crippen LogP contribution in [0.2, 0.25) is 0 Å². The van der Waals surface area contributed by atoms with E-state index in [4.69, 9.17) is 5.73 Å². The molecule has 8 amide bonds. The minimum Gasteiger partial charge on any atom is -0.370 e. The molecule has 3 saturated heterocycles. The van der Waals surface area contributed by atoms with Gasteiger partial charge in [-0.05, 0) is 49.0 Å². The Balaban J connectivity index is 1.77. The third kappa shape index (κ3) is 10.1. The summed E-state index contributed by atoms with van der Waals surface area (Å²) in [6, 6.07) is 1.08. The maximum Gasteiger partial charge on any atom is 0.246 e. The third-order valence-electron chi connectivity index (χ3n) is 10.3. The third-order valence-corrected chi connectivity index (χ3v) is 10.3. The van der Waals surface area contributed by atoms with Crippen molar-refractivity contribution >= 4 is 47.3 Å². The first-order valence-electron chi connectivity index (χ1n) is 18.9. The number of hydrogen-bond acceptors (Lipinski definition) is 8. The van der Waals surface area contributed by atoms with E-state index in [2.05, 4.69) is 26.6 Å². The van der Waals surface area contributed by atoms with E-state index in [1.807, 2.05) is 6.07 Å². The molecule has 296 valence electrons. The molecule has 7 N–H and O–H groups in total. The average Bonchev–Trinajstić information content (AvgIpc) is 3.81. The van der Waals surface area contributed by atoms with Gasteiger partial charge in [-0.1, -0.05) is 71.9 Å². The molecule has 0 bridgehead atoms. The van der Waals surface area contributed by atoms with Gasteiger partial charge < -0.3 is 42.1 Å². The van der Waals surface area contributed by atoms with E-state index >= 15 is 0 Å². The highest BCUT2D eigenvalue weighted by molar-refractivity contribution is 6.00. The van der Waals surface area contributed by atoms with Gasteiger partial charge in [0.25, 0.3) is 0 Å². The van der Waals surface area contributed by atoms with Gasteiger partial charge in [-0.15, -0.1) is 0 Å². The van der Waals surface area contributed by atoms with E-state index in [1.54, 1.807) is 65.8 Å². The second-order valence-electron chi connectivity index (χ2n) is 15.6. The normalized spacial score (nSPS) is 28.2. The number of fused-ring (bicyclic) bond motifs is 2. The van der Waals surface area contributed by atoms with Crippen molar-refractivity contribution in [2.75, 3.05) is 13.1 Å². The minimum absolute atomic E-state index is 0.0624. The summed E-state index contributed by atoms with van der Waals surface area (Å²) in [5.41, 5.74) is 6.24. The maximum absolute atomic E-state index is 14.1. The van der Waals surface area contributed by atoms with Gasteiger partial charge in [-0.2, -0.15) is 0 Å². The van der Waals surface area contributed by atoms with Crippen LogP contribution in [0.4, 0.5) is 0 Å². The van der Waals surface area contributed by atoms with Gasteiger partial charge in [0.1, 0.15) is 42.3 Å². The number of benzene rings is 1. The van der Waals surface area contributed by atoms with Crippen LogP contribution in [0.25, 0.3) is 0 Å². The second kappa shape index (κ2) is 18.3. The zero-order valence-corrected chi connectivity index (χ0v) is 32.1. The van der Waals surface area contributed by atoms with Crippen LogP contribution < -0.4 is 32.3 Å². The Kier molecular flexibility index (Phi) is 14.2. The summed E-state index contributed by atoms with van der Waals surface area (Å²) < 4.78 is 0. The molecule has 1 aromatic rings. The molecule has 4 rings (SSSR count). The molecule has 0 saturated carbocycles. The molecule has 0 spiro atoms. The highest BCUT2D eigenvalue weighted by Gasteiger charge is 2.43. The summed E-state index contributed by atoms with van der Waals surface area (Å²) in [5, 5.41) is 13.8. The summed E-state index contributed by atoms with van der Waals surface area (Å²) in [6.45, 7) is 10.8. The van der Waals surface area contributed by atoms with E-state index in [0.717, 1.165) is 5.56 Å². The van der Waals surface area contributed by atoms with Crippen LogP contribution in [-0.4, -0.2) is 112 Å². The molecule has 0 radical (unpaired) electrons. The van der Waals surface area contributed by atoms with Gasteiger partial charge >= 0.3 is 0 Å². The van der Waals surface area contributed by atoms with Crippen molar-refractivity contribution in [2.45, 2.75) is 122 Å². The zero-order chi connectivity index (χ0) is 39.9. The number of nitrogens with two attached hydrogens (primary N) is 1. The molecule has 0 aliphatic carbocycles. The number of rotatable bonds is 7. The monoisotopic (exact) mass is 752 g/mol. The molecule has 0 unspecified atom stereocenters. The molecule has 3 aliphatic heterocycles. The van der Waals surface area contributed by atoms with E-state index < -0.39 is 114 Å². The van der Waals surface area contributed by atoms with E-state index in [-0.39, 0.29) is 25.9 Å². The van der Waals surface area contributed by atoms with Crippen LogP contribution in [0.3, 0.4) is 0 Å². The lowest BCUT2D eigenvalue weighted by molar-refractivity contribution is -0.144. The zero-order valence-electron chi connectivity index (χ0n) is 32.1. The van der Waals surface area contributed by atoms with Gasteiger partial charge in [-0.25, -0.2) is 0 Å². The second-order valence-corrected chi connectivity index (χ2v) is 15.6. The van der Waals surface area contributed by atoms with Gasteiger partial charge in [0.15, 0.2) is 0 Å². The Bertz CT molecular complexity index is 1580. The predicted octanol–water partition coefficient (Wildman–Crippen LogP) is -0.508. The summed E-state index contributed by atoms with van der Waals surface area (Å²) in [6.07, 6.45) is 1.01. The predicted molar refractivity (Wildman–Crippen MR) is 198 cm³/mol. The Morgan fingerprint density at radius 2 is 1.06 bits per heavy atom. The van der Waals surface area contributed by atoms with Gasteiger partial charge in [0, 0.05) is 19.5 Å². The first-order valence-corrected chi connectivity index (χ1v) is 18.9. The Hall–Kier alpha value is -5.02. The quantitative estimate of drug-likeness (QED) is 0.212. The van der Waals surface area contributed by atoms with E-state index in [9.17, 15) is 38.4 Å². The van der Waals surface area contributed by atoms with Crippen molar-refractivity contribution in [2.24, 2.45) is 23.5 Å². The molecule has 16 heteroatoms. The average molecular weight is 753 g/mol. The standard InChI is InChI=1S/C38H56N8O8/c1-20(2)29-35(51)41-25(19-28(39)47)37(53)45-16-10-14-26(45)33(49)40-24(18-23-12-8-7-9-13-23)32(48)42-30(21(3)4)36(52)44-31(22(5)6)38(54)46-17-11-15-27(46)34(50)43-29/h7-9,12-13,20-22,24-27,29-31H,10-11,14-19H2,1-6H3,(H2,39,47)(H,40,49)(H,41,51)(H,42,48)(H,43,50)(H,44,52)/t24-,25-,26-,27-,29-,30-,31-/m0/s1. The van der Waals surface area contributed by atoms with Crippen molar-refractivity contribution < 1.29 is 38.4 Å². The highest BCUT2D eigenvalue weighted by Crippen LogP contribution is 2.23. The van der Waals surface area contributed by atoms with Crippen molar-refractivity contribution in [3.63, 3.8) is 0 Å². The van der Waals surface area contributed by atoms with Crippen molar-refractivity contribution in [3.8, 4) is 0 Å². The number of hydrogen-bond donors (Lipinski definition) is 6. The van der Waals surface area contributed by atoms with Crippen LogP contribution >= 0.6 is 0 Å². The molecule has 0 aromatic heterocycles. The molecular formula is C38H56N8O8. The molecule has 1 aromatic carbocycles. The molecule has 54 heavy (non-hydrogen) atoms. The number of carbonyl (C=O) groups excluding carboxylic acids is 8. The van der Waals surface area contributed by atoms with Crippen LogP contribution in [-0.2, 0) is 44.8 Å². The fraction of sp³-hybridized carbons (Fsp3) is 0.632. The van der Waals surface area contributed by atoms with Crippen molar-refractivity contribution in [1.29, 1.82) is 0 Å². The van der Waals surface area contributed by atoms with Gasteiger partial charge in [-0.3, -0.25) is 38.4 Å². The number of amides is 8. The summed E-state index contributed by atoms with van der Waals surface area (Å²) >= 11 is 0. The lowest BCUT2D eigenvalue weighted by atomic mass is 9.98. The molecule has 3 heterocycles. The molecular weight excluding hydrogens is 696 g/mol. The molecule has 7 atom stereocenters. The van der Waals surface area contributed by atoms with Gasteiger partial charge in [0.2, 0.25) is 47.3 Å². The lowest BCUT2D eigenvalue weighted by Gasteiger charge is -2.33. The van der Waals surface area contributed by atoms with Crippen molar-refractivity contribution in [1.82, 2.24) is 36.4 Å². The Labute approximate surface area is 316 Å². The largest absolute Gasteiger partial charge is 0.370 e. The fourth-order valence-corrected chi connectivity index (χ4v) is 7.30. The first kappa shape index (κ1) is 41.7. The number of nitrogens with one attached hydrogen (secondary N) is 5. The number of primary amides is 1. The lowest BCUT2D eigenvalue weighted by Crippen LogP contribution is -2.61. The van der Waals surface area contributed by atoms with Crippen LogP contribution in [0.15, 0.2) is 30.3 Å². The Morgan fingerprint density at radius 3 is 1.57 bits per heavy atom. The highest BCUT2D eigenvalue weighted by atomic mass is 16.2. The fourth-order valence-electron chi connectivity index (χ4n) is 7.30. The summed E-state index contributed by atoms with van der Waals surface area (Å²) in [4.78, 5) is 113. The summed E-state index contributed by atoms with van der Waals surface area (Å²) in [7, 11) is 0. The first-order chi connectivity index (χ1) is 25.5. The number of carbonyl (C=O) groups is 8. The summed E-state index contributed by atoms with van der Waals surface area (Å²) in [5.74, 6) is -6.58. The van der Waals surface area contributed by atoms with E-state index in [0.29, 0.717) is 19.3 Å². The smallest absolute Gasteiger partial charge is 0.246 e. The maximum atomic E-state index is 14.1. The van der Waals surface area contributed by atoms with Crippen LogP contribution in [0.1, 0.15) is 79.2 Å². The Morgan fingerprint density at radius 1 is 0.611 bits per heavy atom. The van der Waals surface area contributed by atoms with Gasteiger partial charge in [0.05, 0.1) is 6.42 Å². The SMILES string of the molecule is CC(C)[C@@H]1NC(=O)[C@H](Cc2ccccc2)NC(=O)[C@@H]2CCCN2C(=O)[C@H](CC(N)=O)NC(=O)[C@H](C(C)C)NC(=O)[C@@H]2CCCN2C(=O)[C@H](C(C)C)NC1=O. The van der Waals surface area contributed by atoms with Crippen LogP contribution in [0.5, 0.6) is 0 Å². The minimum atomic E-state index is -1.45. The van der Waals surface area contributed by atoms with E-state index in [1.165, 1.54) is 9.80 Å². The van der Waals surface area contributed by atoms with Crippen molar-refractivity contribution in [3.05, 3.63) is 35.9 Å². The topological polar surface area (TPSA) is 229 Å². The van der Waals surface area contributed by atoms with Crippen LogP contribution in [0, 0.1) is 17.8 Å². The molecule has 16 nitrogen and oxygen atoms in total. The molecule has 3 aliphatic rings.